The van der Waals surface area contributed by atoms with Gasteiger partial charge in [-0.05, 0) is 30.9 Å². The van der Waals surface area contributed by atoms with Gasteiger partial charge in [0.1, 0.15) is 10.6 Å². The molecular formula is C20H22FN3O4S. The van der Waals surface area contributed by atoms with Crippen LogP contribution in [-0.2, 0) is 21.1 Å². The molecule has 5 rings (SSSR count). The zero-order valence-corrected chi connectivity index (χ0v) is 16.7. The van der Waals surface area contributed by atoms with Gasteiger partial charge in [-0.15, -0.1) is 0 Å². The van der Waals surface area contributed by atoms with Gasteiger partial charge in [-0.1, -0.05) is 29.8 Å². The smallest absolute Gasteiger partial charge is 0.231 e. The highest BCUT2D eigenvalue weighted by molar-refractivity contribution is 7.93. The van der Waals surface area contributed by atoms with Gasteiger partial charge in [0.2, 0.25) is 11.8 Å². The van der Waals surface area contributed by atoms with E-state index in [1.54, 1.807) is 23.1 Å². The Morgan fingerprint density at radius 2 is 2.00 bits per heavy atom. The monoisotopic (exact) mass is 419 g/mol. The average Bonchev–Trinajstić information content (AvgIpc) is 3.15. The Labute approximate surface area is 168 Å². The Morgan fingerprint density at radius 1 is 1.24 bits per heavy atom. The first-order valence-corrected chi connectivity index (χ1v) is 11.6. The molecule has 1 aromatic heterocycles. The summed E-state index contributed by atoms with van der Waals surface area (Å²) in [5.74, 6) is -0.0185. The predicted molar refractivity (Wildman–Crippen MR) is 101 cm³/mol. The molecule has 2 aromatic rings. The second-order valence-corrected chi connectivity index (χ2v) is 10.8. The van der Waals surface area contributed by atoms with Crippen LogP contribution in [-0.4, -0.2) is 53.0 Å². The minimum absolute atomic E-state index is 0.0469. The Balaban J connectivity index is 1.36. The number of carbonyl (C=O) groups is 1. The van der Waals surface area contributed by atoms with Gasteiger partial charge in [-0.25, -0.2) is 12.8 Å². The molecule has 3 heterocycles. The van der Waals surface area contributed by atoms with Gasteiger partial charge < -0.3 is 9.42 Å². The predicted octanol–water partition coefficient (Wildman–Crippen LogP) is 2.08. The fourth-order valence-corrected chi connectivity index (χ4v) is 6.99. The summed E-state index contributed by atoms with van der Waals surface area (Å²) >= 11 is 0. The van der Waals surface area contributed by atoms with E-state index in [4.69, 9.17) is 4.52 Å². The molecule has 3 fully saturated rings. The van der Waals surface area contributed by atoms with Gasteiger partial charge in [0.15, 0.2) is 15.7 Å². The summed E-state index contributed by atoms with van der Waals surface area (Å²) in [7, 11) is -3.37. The van der Waals surface area contributed by atoms with Crippen LogP contribution in [0.3, 0.4) is 0 Å². The average molecular weight is 419 g/mol. The molecule has 0 bridgehead atoms. The first kappa shape index (κ1) is 18.7. The van der Waals surface area contributed by atoms with Crippen molar-refractivity contribution in [3.8, 4) is 0 Å². The Bertz CT molecular complexity index is 1060. The lowest BCUT2D eigenvalue weighted by Crippen LogP contribution is -2.68. The molecule has 3 aliphatic rings. The second-order valence-electron chi connectivity index (χ2n) is 8.36. The van der Waals surface area contributed by atoms with E-state index < -0.39 is 20.5 Å². The van der Waals surface area contributed by atoms with Gasteiger partial charge >= 0.3 is 0 Å². The van der Waals surface area contributed by atoms with E-state index in [1.807, 2.05) is 0 Å². The van der Waals surface area contributed by atoms with Crippen LogP contribution in [0.5, 0.6) is 0 Å². The van der Waals surface area contributed by atoms with Gasteiger partial charge in [-0.3, -0.25) is 4.79 Å². The molecule has 1 spiro atoms. The lowest BCUT2D eigenvalue weighted by atomic mass is 9.79. The number of halogens is 1. The van der Waals surface area contributed by atoms with Crippen molar-refractivity contribution in [1.29, 1.82) is 0 Å². The molecule has 29 heavy (non-hydrogen) atoms. The zero-order chi connectivity index (χ0) is 20.2. The number of hydrogen-bond acceptors (Lipinski definition) is 6. The molecule has 1 atom stereocenters. The summed E-state index contributed by atoms with van der Waals surface area (Å²) in [5.41, 5.74) is 0.453. The van der Waals surface area contributed by atoms with Crippen LogP contribution >= 0.6 is 0 Å². The molecule has 7 nitrogen and oxygen atoms in total. The maximum absolute atomic E-state index is 13.9. The third kappa shape index (κ3) is 2.89. The molecule has 0 N–H and O–H groups in total. The Morgan fingerprint density at radius 3 is 2.69 bits per heavy atom. The third-order valence-corrected chi connectivity index (χ3v) is 9.26. The van der Waals surface area contributed by atoms with Crippen molar-refractivity contribution >= 4 is 15.7 Å². The van der Waals surface area contributed by atoms with Crippen molar-refractivity contribution in [3.05, 3.63) is 47.4 Å². The standard InChI is InChI=1S/C20H22FN3O4S/c21-16-7-2-1-4-14(16)10-17-22-18(28-23-17)15-8-9-29(26,27)20(15)11-24(12-20)19(25)13-5-3-6-13/h1-2,4,7,13,15H,3,5-6,8-12H2. The molecule has 1 amide bonds. The fraction of sp³-hybridized carbons (Fsp3) is 0.550. The van der Waals surface area contributed by atoms with Crippen LogP contribution in [0.2, 0.25) is 0 Å². The molecule has 1 saturated carbocycles. The molecule has 1 aliphatic carbocycles. The summed E-state index contributed by atoms with van der Waals surface area (Å²) in [5, 5.41) is 3.95. The molecule has 1 aromatic carbocycles. The van der Waals surface area contributed by atoms with Crippen LogP contribution in [0.15, 0.2) is 28.8 Å². The summed E-state index contributed by atoms with van der Waals surface area (Å²) in [4.78, 5) is 18.5. The highest BCUT2D eigenvalue weighted by Gasteiger charge is 2.64. The Kier molecular flexibility index (Phi) is 4.27. The maximum atomic E-state index is 13.9. The van der Waals surface area contributed by atoms with Crippen molar-refractivity contribution < 1.29 is 22.1 Å². The number of carbonyl (C=O) groups excluding carboxylic acids is 1. The molecule has 9 heteroatoms. The van der Waals surface area contributed by atoms with Crippen molar-refractivity contribution in [3.63, 3.8) is 0 Å². The third-order valence-electron chi connectivity index (χ3n) is 6.70. The van der Waals surface area contributed by atoms with Crippen molar-refractivity contribution in [1.82, 2.24) is 15.0 Å². The fourth-order valence-electron chi connectivity index (χ4n) is 4.68. The number of hydrogen-bond donors (Lipinski definition) is 0. The normalized spacial score (nSPS) is 25.0. The Hall–Kier alpha value is -2.29. The van der Waals surface area contributed by atoms with E-state index in [1.165, 1.54) is 6.07 Å². The lowest BCUT2D eigenvalue weighted by molar-refractivity contribution is -0.144. The molecule has 2 saturated heterocycles. The first-order chi connectivity index (χ1) is 13.9. The quantitative estimate of drug-likeness (QED) is 0.753. The SMILES string of the molecule is O=C(C1CCC1)N1CC2(C1)C(c1nc(Cc3ccccc3F)no1)CCS2(=O)=O. The minimum atomic E-state index is -3.37. The molecule has 1 unspecified atom stereocenters. The highest BCUT2D eigenvalue weighted by Crippen LogP contribution is 2.50. The minimum Gasteiger partial charge on any atom is -0.339 e. The second kappa shape index (κ2) is 6.62. The van der Waals surface area contributed by atoms with Crippen molar-refractivity contribution in [2.24, 2.45) is 5.92 Å². The van der Waals surface area contributed by atoms with Gasteiger partial charge in [0.25, 0.3) is 0 Å². The van der Waals surface area contributed by atoms with Crippen LogP contribution in [0.25, 0.3) is 0 Å². The zero-order valence-electron chi connectivity index (χ0n) is 15.9. The maximum Gasteiger partial charge on any atom is 0.231 e. The van der Waals surface area contributed by atoms with Gasteiger partial charge in [0, 0.05) is 25.4 Å². The number of aromatic nitrogens is 2. The lowest BCUT2D eigenvalue weighted by Gasteiger charge is -2.50. The van der Waals surface area contributed by atoms with Crippen LogP contribution in [0, 0.1) is 11.7 Å². The topological polar surface area (TPSA) is 93.4 Å². The molecule has 154 valence electrons. The van der Waals surface area contributed by atoms with Crippen LogP contribution in [0.1, 0.15) is 48.9 Å². The number of likely N-dealkylation sites (tertiary alicyclic amines) is 1. The number of amides is 1. The summed E-state index contributed by atoms with van der Waals surface area (Å²) in [6, 6.07) is 6.38. The van der Waals surface area contributed by atoms with Gasteiger partial charge in [-0.2, -0.15) is 4.98 Å². The summed E-state index contributed by atoms with van der Waals surface area (Å²) in [6.07, 6.45) is 3.41. The van der Waals surface area contributed by atoms with E-state index in [2.05, 4.69) is 10.1 Å². The summed E-state index contributed by atoms with van der Waals surface area (Å²) in [6.45, 7) is 0.390. The van der Waals surface area contributed by atoms with E-state index in [0.29, 0.717) is 17.8 Å². The number of nitrogens with zero attached hydrogens (tertiary/aromatic N) is 3. The largest absolute Gasteiger partial charge is 0.339 e. The number of benzene rings is 1. The van der Waals surface area contributed by atoms with Crippen LogP contribution in [0.4, 0.5) is 4.39 Å². The molecule has 2 aliphatic heterocycles. The van der Waals surface area contributed by atoms with Crippen molar-refractivity contribution in [2.75, 3.05) is 18.8 Å². The molecule has 0 radical (unpaired) electrons. The number of sulfone groups is 1. The van der Waals surface area contributed by atoms with Crippen molar-refractivity contribution in [2.45, 2.75) is 42.8 Å². The summed E-state index contributed by atoms with van der Waals surface area (Å²) < 4.78 is 43.9. The van der Waals surface area contributed by atoms with E-state index in [-0.39, 0.29) is 48.8 Å². The van der Waals surface area contributed by atoms with E-state index >= 15 is 0 Å². The highest BCUT2D eigenvalue weighted by atomic mass is 32.2. The first-order valence-electron chi connectivity index (χ1n) is 9.97. The molecular weight excluding hydrogens is 397 g/mol. The van der Waals surface area contributed by atoms with Gasteiger partial charge in [0.05, 0.1) is 11.7 Å². The number of rotatable bonds is 4. The van der Waals surface area contributed by atoms with Crippen LogP contribution < -0.4 is 0 Å². The van der Waals surface area contributed by atoms with E-state index in [9.17, 15) is 17.6 Å². The van der Waals surface area contributed by atoms with E-state index in [0.717, 1.165) is 19.3 Å².